The summed E-state index contributed by atoms with van der Waals surface area (Å²) in [7, 11) is 0. The first-order valence-corrected chi connectivity index (χ1v) is 8.65. The summed E-state index contributed by atoms with van der Waals surface area (Å²) >= 11 is 0. The highest BCUT2D eigenvalue weighted by atomic mass is 16.4. The molecule has 5 nitrogen and oxygen atoms in total. The molecule has 0 aliphatic carbocycles. The number of hydrogen-bond donors (Lipinski definition) is 1. The van der Waals surface area contributed by atoms with Gasteiger partial charge in [-0.2, -0.15) is 5.26 Å². The van der Waals surface area contributed by atoms with E-state index in [4.69, 9.17) is 9.68 Å². The van der Waals surface area contributed by atoms with Gasteiger partial charge in [-0.1, -0.05) is 31.2 Å². The summed E-state index contributed by atoms with van der Waals surface area (Å²) < 4.78 is 5.53. The molecule has 1 aliphatic rings. The van der Waals surface area contributed by atoms with Crippen LogP contribution in [0.25, 0.3) is 0 Å². The Kier molecular flexibility index (Phi) is 5.17. The van der Waals surface area contributed by atoms with Gasteiger partial charge in [0.15, 0.2) is 5.89 Å². The van der Waals surface area contributed by atoms with Crippen LogP contribution in [0.5, 0.6) is 0 Å². The lowest BCUT2D eigenvalue weighted by Gasteiger charge is -2.28. The van der Waals surface area contributed by atoms with Crippen LogP contribution in [-0.4, -0.2) is 29.5 Å². The minimum atomic E-state index is 0.273. The number of aromatic nitrogens is 1. The van der Waals surface area contributed by atoms with Crippen molar-refractivity contribution in [2.24, 2.45) is 0 Å². The third-order valence-corrected chi connectivity index (χ3v) is 4.65. The molecule has 1 unspecified atom stereocenters. The molecule has 1 aliphatic heterocycles. The quantitative estimate of drug-likeness (QED) is 0.878. The minimum absolute atomic E-state index is 0.273. The van der Waals surface area contributed by atoms with Crippen LogP contribution < -0.4 is 5.32 Å². The van der Waals surface area contributed by atoms with E-state index in [1.165, 1.54) is 24.0 Å². The molecule has 0 bridgehead atoms. The molecule has 24 heavy (non-hydrogen) atoms. The number of nitrogens with one attached hydrogen (secondary N) is 1. The third-order valence-electron chi connectivity index (χ3n) is 4.65. The van der Waals surface area contributed by atoms with E-state index in [9.17, 15) is 0 Å². The Morgan fingerprint density at radius 3 is 2.62 bits per heavy atom. The van der Waals surface area contributed by atoms with Gasteiger partial charge in [-0.05, 0) is 43.5 Å². The van der Waals surface area contributed by atoms with E-state index in [2.05, 4.69) is 52.5 Å². The van der Waals surface area contributed by atoms with Gasteiger partial charge >= 0.3 is 0 Å². The monoisotopic (exact) mass is 324 g/mol. The van der Waals surface area contributed by atoms with Crippen molar-refractivity contribution in [1.29, 1.82) is 5.26 Å². The van der Waals surface area contributed by atoms with E-state index < -0.39 is 0 Å². The van der Waals surface area contributed by atoms with E-state index in [-0.39, 0.29) is 6.04 Å². The molecule has 1 aromatic carbocycles. The Morgan fingerprint density at radius 1 is 1.29 bits per heavy atom. The smallest absolute Gasteiger partial charge is 0.232 e. The zero-order valence-corrected chi connectivity index (χ0v) is 14.4. The largest absolute Gasteiger partial charge is 0.424 e. The number of likely N-dealkylation sites (tertiary alicyclic amines) is 1. The summed E-state index contributed by atoms with van der Waals surface area (Å²) in [4.78, 5) is 6.60. The maximum atomic E-state index is 9.16. The molecule has 1 fully saturated rings. The molecule has 126 valence electrons. The number of oxazole rings is 1. The van der Waals surface area contributed by atoms with Crippen LogP contribution in [0.15, 0.2) is 28.7 Å². The lowest BCUT2D eigenvalue weighted by atomic mass is 10.0. The summed E-state index contributed by atoms with van der Waals surface area (Å²) in [6.07, 6.45) is 3.54. The second kappa shape index (κ2) is 7.50. The number of aryl methyl sites for hydroxylation is 2. The van der Waals surface area contributed by atoms with Gasteiger partial charge in [-0.25, -0.2) is 4.98 Å². The van der Waals surface area contributed by atoms with Crippen LogP contribution in [0.1, 0.15) is 48.5 Å². The maximum absolute atomic E-state index is 9.16. The summed E-state index contributed by atoms with van der Waals surface area (Å²) in [5.41, 5.74) is 2.98. The highest BCUT2D eigenvalue weighted by Gasteiger charge is 2.24. The molecule has 1 atom stereocenters. The Morgan fingerprint density at radius 2 is 2.00 bits per heavy atom. The normalized spacial score (nSPS) is 16.0. The fourth-order valence-electron chi connectivity index (χ4n) is 3.30. The van der Waals surface area contributed by atoms with Gasteiger partial charge in [0.2, 0.25) is 11.6 Å². The molecule has 2 heterocycles. The summed E-state index contributed by atoms with van der Waals surface area (Å²) in [6, 6.07) is 11.2. The van der Waals surface area contributed by atoms with Crippen molar-refractivity contribution in [3.05, 3.63) is 47.0 Å². The second-order valence-corrected chi connectivity index (χ2v) is 6.26. The lowest BCUT2D eigenvalue weighted by Crippen LogP contribution is -2.31. The maximum Gasteiger partial charge on any atom is 0.232 e. The first-order valence-electron chi connectivity index (χ1n) is 8.65. The molecule has 0 saturated carbocycles. The number of hydrogen-bond acceptors (Lipinski definition) is 5. The number of benzene rings is 1. The van der Waals surface area contributed by atoms with Crippen LogP contribution in [0.4, 0.5) is 5.88 Å². The van der Waals surface area contributed by atoms with Crippen LogP contribution in [0.3, 0.4) is 0 Å². The van der Waals surface area contributed by atoms with E-state index in [1.54, 1.807) is 6.92 Å². The Hall–Kier alpha value is -2.32. The second-order valence-electron chi connectivity index (χ2n) is 6.26. The SMILES string of the molecule is CCc1ccc(C(CNc2oc(C)nc2C#N)N2CCCC2)cc1. The van der Waals surface area contributed by atoms with Crippen LogP contribution in [0, 0.1) is 18.3 Å². The number of rotatable bonds is 6. The van der Waals surface area contributed by atoms with Gasteiger partial charge in [0, 0.05) is 13.5 Å². The van der Waals surface area contributed by atoms with Gasteiger partial charge < -0.3 is 9.73 Å². The predicted molar refractivity (Wildman–Crippen MR) is 93.8 cm³/mol. The lowest BCUT2D eigenvalue weighted by molar-refractivity contribution is 0.255. The van der Waals surface area contributed by atoms with E-state index in [1.807, 2.05) is 0 Å². The topological polar surface area (TPSA) is 65.1 Å². The molecule has 0 amide bonds. The fraction of sp³-hybridized carbons (Fsp3) is 0.474. The standard InChI is InChI=1S/C19H24N4O/c1-3-15-6-8-16(9-7-15)18(23-10-4-5-11-23)13-21-19-17(12-20)22-14(2)24-19/h6-9,18,21H,3-5,10-11,13H2,1-2H3. The van der Waals surface area contributed by atoms with Crippen molar-refractivity contribution in [1.82, 2.24) is 9.88 Å². The van der Waals surface area contributed by atoms with Gasteiger partial charge in [0.25, 0.3) is 0 Å². The first kappa shape index (κ1) is 16.5. The Balaban J connectivity index is 1.78. The van der Waals surface area contributed by atoms with Gasteiger partial charge in [-0.3, -0.25) is 4.90 Å². The Bertz CT molecular complexity index is 708. The average Bonchev–Trinajstić information content (AvgIpc) is 3.25. The Labute approximate surface area is 143 Å². The molecule has 0 spiro atoms. The fourth-order valence-corrected chi connectivity index (χ4v) is 3.30. The molecule has 3 rings (SSSR count). The van der Waals surface area contributed by atoms with E-state index >= 15 is 0 Å². The predicted octanol–water partition coefficient (Wildman–Crippen LogP) is 3.67. The average molecular weight is 324 g/mol. The highest BCUT2D eigenvalue weighted by molar-refractivity contribution is 5.45. The zero-order chi connectivity index (χ0) is 16.9. The minimum Gasteiger partial charge on any atom is -0.424 e. The van der Waals surface area contributed by atoms with Crippen molar-refractivity contribution in [3.8, 4) is 6.07 Å². The molecular formula is C19H24N4O. The van der Waals surface area contributed by atoms with Crippen LogP contribution >= 0.6 is 0 Å². The third kappa shape index (κ3) is 3.60. The number of nitrogens with zero attached hydrogens (tertiary/aromatic N) is 3. The van der Waals surface area contributed by atoms with Crippen molar-refractivity contribution >= 4 is 5.88 Å². The number of anilines is 1. The molecule has 2 aromatic rings. The van der Waals surface area contributed by atoms with Crippen molar-refractivity contribution < 1.29 is 4.42 Å². The highest BCUT2D eigenvalue weighted by Crippen LogP contribution is 2.27. The van der Waals surface area contributed by atoms with Crippen molar-refractivity contribution in [3.63, 3.8) is 0 Å². The van der Waals surface area contributed by atoms with Gasteiger partial charge in [0.05, 0.1) is 6.04 Å². The molecule has 0 radical (unpaired) electrons. The summed E-state index contributed by atoms with van der Waals surface area (Å²) in [6.45, 7) is 6.86. The van der Waals surface area contributed by atoms with Crippen molar-refractivity contribution in [2.45, 2.75) is 39.2 Å². The molecule has 5 heteroatoms. The van der Waals surface area contributed by atoms with E-state index in [0.29, 0.717) is 24.0 Å². The molecule has 1 aromatic heterocycles. The molecule has 1 saturated heterocycles. The molecule has 1 N–H and O–H groups in total. The summed E-state index contributed by atoms with van der Waals surface area (Å²) in [5, 5.41) is 12.5. The molecular weight excluding hydrogens is 300 g/mol. The van der Waals surface area contributed by atoms with Crippen LogP contribution in [0.2, 0.25) is 0 Å². The first-order chi connectivity index (χ1) is 11.7. The number of nitriles is 1. The van der Waals surface area contributed by atoms with E-state index in [0.717, 1.165) is 19.5 Å². The van der Waals surface area contributed by atoms with Crippen molar-refractivity contribution in [2.75, 3.05) is 25.0 Å². The van der Waals surface area contributed by atoms with Crippen LogP contribution in [-0.2, 0) is 6.42 Å². The zero-order valence-electron chi connectivity index (χ0n) is 14.4. The summed E-state index contributed by atoms with van der Waals surface area (Å²) in [5.74, 6) is 0.989. The van der Waals surface area contributed by atoms with Gasteiger partial charge in [0.1, 0.15) is 6.07 Å². The van der Waals surface area contributed by atoms with Gasteiger partial charge in [-0.15, -0.1) is 0 Å².